The number of ether oxygens (including phenoxy) is 1. The predicted octanol–water partition coefficient (Wildman–Crippen LogP) is 3.78. The second kappa shape index (κ2) is 5.99. The van der Waals surface area contributed by atoms with E-state index in [1.165, 1.54) is 11.8 Å². The lowest BCUT2D eigenvalue weighted by Crippen LogP contribution is -2.12. The average molecular weight is 293 g/mol. The predicted molar refractivity (Wildman–Crippen MR) is 79.6 cm³/mol. The molecule has 0 atom stereocenters. The summed E-state index contributed by atoms with van der Waals surface area (Å²) in [5, 5.41) is 8.29. The number of nitrogen functional groups attached to an aromatic ring is 1. The molecular weight excluding hydrogens is 280 g/mol. The molecule has 98 valence electrons. The smallest absolute Gasteiger partial charge is 0.123 e. The molecule has 0 aromatic heterocycles. The fourth-order valence-electron chi connectivity index (χ4n) is 1.58. The number of nitrogens with two attached hydrogens (primary N) is 1. The van der Waals surface area contributed by atoms with Gasteiger partial charge in [-0.25, -0.2) is 0 Å². The summed E-state index contributed by atoms with van der Waals surface area (Å²) in [6.45, 7) is 0. The highest BCUT2D eigenvalue weighted by Gasteiger charge is 2.10. The van der Waals surface area contributed by atoms with Crippen molar-refractivity contribution in [3.63, 3.8) is 0 Å². The van der Waals surface area contributed by atoms with Crippen LogP contribution in [0.1, 0.15) is 5.56 Å². The molecule has 0 saturated heterocycles. The first-order valence-corrected chi connectivity index (χ1v) is 6.76. The average Bonchev–Trinajstić information content (AvgIpc) is 2.41. The zero-order valence-corrected chi connectivity index (χ0v) is 11.9. The fraction of sp³-hybridized carbons (Fsp3) is 0.0714. The summed E-state index contributed by atoms with van der Waals surface area (Å²) in [4.78, 5) is 1.76. The van der Waals surface area contributed by atoms with Crippen molar-refractivity contribution in [2.24, 2.45) is 5.73 Å². The van der Waals surface area contributed by atoms with E-state index in [-0.39, 0.29) is 5.84 Å². The largest absolute Gasteiger partial charge is 0.497 e. The molecule has 3 N–H and O–H groups in total. The van der Waals surface area contributed by atoms with Gasteiger partial charge in [-0.05, 0) is 30.3 Å². The minimum Gasteiger partial charge on any atom is -0.497 e. The molecule has 0 bridgehead atoms. The topological polar surface area (TPSA) is 59.1 Å². The Morgan fingerprint density at radius 3 is 2.58 bits per heavy atom. The third kappa shape index (κ3) is 3.22. The number of methoxy groups -OCH3 is 1. The number of amidine groups is 1. The van der Waals surface area contributed by atoms with Crippen LogP contribution in [0.15, 0.2) is 52.3 Å². The van der Waals surface area contributed by atoms with E-state index in [0.717, 1.165) is 15.5 Å². The summed E-state index contributed by atoms with van der Waals surface area (Å²) >= 11 is 7.61. The number of hydrogen-bond acceptors (Lipinski definition) is 3. The number of benzene rings is 2. The lowest BCUT2D eigenvalue weighted by molar-refractivity contribution is 0.413. The summed E-state index contributed by atoms with van der Waals surface area (Å²) in [5.41, 5.74) is 6.27. The van der Waals surface area contributed by atoms with Crippen molar-refractivity contribution in [2.75, 3.05) is 7.11 Å². The molecule has 3 nitrogen and oxygen atoms in total. The number of rotatable bonds is 4. The summed E-state index contributed by atoms with van der Waals surface area (Å²) in [6.07, 6.45) is 0. The van der Waals surface area contributed by atoms with Crippen molar-refractivity contribution in [1.82, 2.24) is 0 Å². The Morgan fingerprint density at radius 1 is 1.21 bits per heavy atom. The van der Waals surface area contributed by atoms with Crippen LogP contribution in [0.4, 0.5) is 0 Å². The monoisotopic (exact) mass is 292 g/mol. The van der Waals surface area contributed by atoms with Crippen molar-refractivity contribution in [1.29, 1.82) is 5.41 Å². The lowest BCUT2D eigenvalue weighted by Gasteiger charge is -2.10. The molecular formula is C14H13ClN2OS. The molecule has 19 heavy (non-hydrogen) atoms. The molecule has 2 aromatic carbocycles. The SMILES string of the molecule is COc1ccc(C(=N)N)c(Sc2ccccc2Cl)c1. The van der Waals surface area contributed by atoms with Gasteiger partial charge in [0.2, 0.25) is 0 Å². The van der Waals surface area contributed by atoms with Crippen LogP contribution in [0.25, 0.3) is 0 Å². The van der Waals surface area contributed by atoms with Gasteiger partial charge in [0.1, 0.15) is 11.6 Å². The number of halogens is 1. The third-order valence-electron chi connectivity index (χ3n) is 2.54. The van der Waals surface area contributed by atoms with Gasteiger partial charge in [-0.2, -0.15) is 0 Å². The first kappa shape index (κ1) is 13.8. The molecule has 0 spiro atoms. The second-order valence-corrected chi connectivity index (χ2v) is 5.30. The minimum atomic E-state index is 0.0252. The van der Waals surface area contributed by atoms with E-state index in [2.05, 4.69) is 0 Å². The van der Waals surface area contributed by atoms with E-state index >= 15 is 0 Å². The summed E-state index contributed by atoms with van der Waals surface area (Å²) in [7, 11) is 1.60. The van der Waals surface area contributed by atoms with Crippen molar-refractivity contribution in [3.8, 4) is 5.75 Å². The van der Waals surface area contributed by atoms with Gasteiger partial charge >= 0.3 is 0 Å². The van der Waals surface area contributed by atoms with Gasteiger partial charge < -0.3 is 10.5 Å². The molecule has 0 fully saturated rings. The Balaban J connectivity index is 2.43. The first-order valence-electron chi connectivity index (χ1n) is 5.56. The van der Waals surface area contributed by atoms with Crippen molar-refractivity contribution >= 4 is 29.2 Å². The zero-order valence-electron chi connectivity index (χ0n) is 10.3. The van der Waals surface area contributed by atoms with Crippen molar-refractivity contribution in [3.05, 3.63) is 53.1 Å². The van der Waals surface area contributed by atoms with Gasteiger partial charge in [0, 0.05) is 15.4 Å². The highest BCUT2D eigenvalue weighted by Crippen LogP contribution is 2.36. The Hall–Kier alpha value is -1.65. The molecule has 0 aliphatic carbocycles. The quantitative estimate of drug-likeness (QED) is 0.666. The van der Waals surface area contributed by atoms with Crippen LogP contribution in [-0.4, -0.2) is 12.9 Å². The van der Waals surface area contributed by atoms with Crippen LogP contribution in [0.2, 0.25) is 5.02 Å². The molecule has 0 heterocycles. The zero-order chi connectivity index (χ0) is 13.8. The van der Waals surface area contributed by atoms with Gasteiger partial charge in [-0.1, -0.05) is 35.5 Å². The lowest BCUT2D eigenvalue weighted by atomic mass is 10.2. The Morgan fingerprint density at radius 2 is 1.95 bits per heavy atom. The Labute approximate surface area is 121 Å². The van der Waals surface area contributed by atoms with Crippen LogP contribution in [0.5, 0.6) is 5.75 Å². The Bertz CT molecular complexity index is 616. The van der Waals surface area contributed by atoms with E-state index in [1.807, 2.05) is 30.3 Å². The highest BCUT2D eigenvalue weighted by atomic mass is 35.5. The fourth-order valence-corrected chi connectivity index (χ4v) is 2.85. The molecule has 2 rings (SSSR count). The molecule has 0 saturated carbocycles. The van der Waals surface area contributed by atoms with Crippen LogP contribution < -0.4 is 10.5 Å². The summed E-state index contributed by atoms with van der Waals surface area (Å²) in [5.74, 6) is 0.747. The van der Waals surface area contributed by atoms with E-state index in [0.29, 0.717) is 10.6 Å². The van der Waals surface area contributed by atoms with Crippen LogP contribution in [0.3, 0.4) is 0 Å². The molecule has 2 aromatic rings. The molecule has 0 aliphatic heterocycles. The third-order valence-corrected chi connectivity index (χ3v) is 4.11. The van der Waals surface area contributed by atoms with Gasteiger partial charge in [0.25, 0.3) is 0 Å². The van der Waals surface area contributed by atoms with Crippen LogP contribution in [-0.2, 0) is 0 Å². The number of nitrogens with one attached hydrogen (secondary N) is 1. The summed E-state index contributed by atoms with van der Waals surface area (Å²) < 4.78 is 5.20. The van der Waals surface area contributed by atoms with Gasteiger partial charge in [-0.15, -0.1) is 0 Å². The van der Waals surface area contributed by atoms with Crippen LogP contribution in [0, 0.1) is 5.41 Å². The van der Waals surface area contributed by atoms with Crippen molar-refractivity contribution in [2.45, 2.75) is 9.79 Å². The molecule has 0 unspecified atom stereocenters. The van der Waals surface area contributed by atoms with E-state index < -0.39 is 0 Å². The highest BCUT2D eigenvalue weighted by molar-refractivity contribution is 7.99. The van der Waals surface area contributed by atoms with E-state index in [9.17, 15) is 0 Å². The van der Waals surface area contributed by atoms with Gasteiger partial charge in [0.15, 0.2) is 0 Å². The standard InChI is InChI=1S/C14H13ClN2OS/c1-18-9-6-7-10(14(16)17)13(8-9)19-12-5-3-2-4-11(12)15/h2-8H,1H3,(H3,16,17). The van der Waals surface area contributed by atoms with Crippen molar-refractivity contribution < 1.29 is 4.74 Å². The number of hydrogen-bond donors (Lipinski definition) is 2. The maximum atomic E-state index is 7.61. The normalized spacial score (nSPS) is 10.2. The van der Waals surface area contributed by atoms with E-state index in [1.54, 1.807) is 19.2 Å². The Kier molecular flexibility index (Phi) is 4.35. The van der Waals surface area contributed by atoms with Gasteiger partial charge in [-0.3, -0.25) is 5.41 Å². The molecule has 5 heteroatoms. The van der Waals surface area contributed by atoms with E-state index in [4.69, 9.17) is 27.5 Å². The minimum absolute atomic E-state index is 0.0252. The maximum Gasteiger partial charge on any atom is 0.123 e. The molecule has 0 amide bonds. The maximum absolute atomic E-state index is 7.61. The molecule has 0 radical (unpaired) electrons. The first-order chi connectivity index (χ1) is 9.11. The van der Waals surface area contributed by atoms with Crippen LogP contribution >= 0.6 is 23.4 Å². The second-order valence-electron chi connectivity index (χ2n) is 3.81. The summed E-state index contributed by atoms with van der Waals surface area (Å²) in [6, 6.07) is 13.0. The molecule has 0 aliphatic rings. The van der Waals surface area contributed by atoms with Gasteiger partial charge in [0.05, 0.1) is 12.1 Å².